The zero-order valence-electron chi connectivity index (χ0n) is 12.0. The molecule has 1 N–H and O–H groups in total. The minimum absolute atomic E-state index is 0.135. The van der Waals surface area contributed by atoms with Gasteiger partial charge in [-0.25, -0.2) is 8.42 Å². The summed E-state index contributed by atoms with van der Waals surface area (Å²) in [5.74, 6) is -0.983. The topological polar surface area (TPSA) is 96.3 Å². The lowest BCUT2D eigenvalue weighted by atomic mass is 9.77. The first kappa shape index (κ1) is 16.9. The second-order valence-corrected chi connectivity index (χ2v) is 6.93. The summed E-state index contributed by atoms with van der Waals surface area (Å²) < 4.78 is 30.9. The first-order valence-electron chi connectivity index (χ1n) is 6.95. The number of rotatable bonds is 6. The lowest BCUT2D eigenvalue weighted by Gasteiger charge is -2.34. The van der Waals surface area contributed by atoms with Crippen molar-refractivity contribution < 1.29 is 17.9 Å². The molecule has 0 bridgehead atoms. The number of esters is 1. The highest BCUT2D eigenvalue weighted by Crippen LogP contribution is 2.33. The van der Waals surface area contributed by atoms with Gasteiger partial charge in [-0.05, 0) is 38.5 Å². The number of nitriles is 1. The molecule has 0 spiro atoms. The van der Waals surface area contributed by atoms with E-state index >= 15 is 0 Å². The first-order chi connectivity index (χ1) is 9.36. The second-order valence-electron chi connectivity index (χ2n) is 5.21. The molecule has 1 saturated carbocycles. The maximum absolute atomic E-state index is 11.9. The lowest BCUT2D eigenvalue weighted by molar-refractivity contribution is -0.139. The number of carbonyl (C=O) groups is 1. The second kappa shape index (κ2) is 7.04. The third-order valence-electron chi connectivity index (χ3n) is 3.71. The molecule has 0 aromatic rings. The van der Waals surface area contributed by atoms with Gasteiger partial charge in [0.15, 0.2) is 5.75 Å². The predicted molar refractivity (Wildman–Crippen MR) is 74.1 cm³/mol. The normalized spacial score (nSPS) is 26.8. The van der Waals surface area contributed by atoms with E-state index in [1.165, 1.54) is 0 Å². The number of ether oxygens (including phenoxy) is 1. The molecule has 0 atom stereocenters. The highest BCUT2D eigenvalue weighted by atomic mass is 32.2. The number of sulfonamides is 1. The lowest BCUT2D eigenvalue weighted by Crippen LogP contribution is -2.51. The maximum Gasteiger partial charge on any atom is 0.322 e. The molecule has 20 heavy (non-hydrogen) atoms. The van der Waals surface area contributed by atoms with Gasteiger partial charge in [0.1, 0.15) is 5.54 Å². The van der Waals surface area contributed by atoms with Crippen molar-refractivity contribution in [3.8, 4) is 6.07 Å². The minimum Gasteiger partial charge on any atom is -0.465 e. The molecule has 1 rings (SSSR count). The molecule has 114 valence electrons. The Balaban J connectivity index is 2.69. The molecule has 7 heteroatoms. The van der Waals surface area contributed by atoms with Crippen molar-refractivity contribution in [2.24, 2.45) is 5.92 Å². The van der Waals surface area contributed by atoms with E-state index in [9.17, 15) is 18.5 Å². The van der Waals surface area contributed by atoms with Gasteiger partial charge >= 0.3 is 5.97 Å². The summed E-state index contributed by atoms with van der Waals surface area (Å²) in [6, 6.07) is 2.08. The van der Waals surface area contributed by atoms with Crippen LogP contribution in [0.2, 0.25) is 0 Å². The van der Waals surface area contributed by atoms with Crippen LogP contribution in [0.5, 0.6) is 0 Å². The molecule has 0 aromatic heterocycles. The van der Waals surface area contributed by atoms with Crippen molar-refractivity contribution in [1.29, 1.82) is 5.26 Å². The molecule has 0 heterocycles. The molecule has 1 aliphatic carbocycles. The van der Waals surface area contributed by atoms with Gasteiger partial charge in [-0.3, -0.25) is 4.79 Å². The Morgan fingerprint density at radius 2 is 2.00 bits per heavy atom. The van der Waals surface area contributed by atoms with Crippen LogP contribution < -0.4 is 4.72 Å². The van der Waals surface area contributed by atoms with Gasteiger partial charge in [-0.2, -0.15) is 9.98 Å². The van der Waals surface area contributed by atoms with Crippen LogP contribution in [0, 0.1) is 17.2 Å². The molecule has 0 radical (unpaired) electrons. The van der Waals surface area contributed by atoms with Crippen LogP contribution in [0.1, 0.15) is 46.0 Å². The molecular formula is C13H22N2O4S. The first-order valence-corrected chi connectivity index (χ1v) is 8.60. The summed E-state index contributed by atoms with van der Waals surface area (Å²) in [4.78, 5) is 11.3. The SMILES string of the molecule is CCOC(=O)CS(=O)(=O)NC1(C#N)CCC(CC)CC1. The molecular weight excluding hydrogens is 280 g/mol. The Kier molecular flexibility index (Phi) is 5.96. The van der Waals surface area contributed by atoms with Gasteiger partial charge in [0.05, 0.1) is 12.7 Å². The zero-order chi connectivity index (χ0) is 15.2. The Morgan fingerprint density at radius 3 is 2.45 bits per heavy atom. The van der Waals surface area contributed by atoms with Crippen molar-refractivity contribution in [2.75, 3.05) is 12.4 Å². The van der Waals surface area contributed by atoms with Gasteiger partial charge in [0, 0.05) is 0 Å². The molecule has 0 amide bonds. The van der Waals surface area contributed by atoms with Crippen LogP contribution in [0.3, 0.4) is 0 Å². The van der Waals surface area contributed by atoms with Gasteiger partial charge in [0.25, 0.3) is 0 Å². The van der Waals surface area contributed by atoms with Crippen LogP contribution >= 0.6 is 0 Å². The quantitative estimate of drug-likeness (QED) is 0.747. The van der Waals surface area contributed by atoms with Crippen LogP contribution in [-0.4, -0.2) is 32.3 Å². The predicted octanol–water partition coefficient (Wildman–Crippen LogP) is 1.33. The van der Waals surface area contributed by atoms with E-state index in [2.05, 4.69) is 22.5 Å². The van der Waals surface area contributed by atoms with Gasteiger partial charge in [-0.1, -0.05) is 13.3 Å². The van der Waals surface area contributed by atoms with E-state index in [0.29, 0.717) is 18.8 Å². The fourth-order valence-corrected chi connectivity index (χ4v) is 3.82. The van der Waals surface area contributed by atoms with Crippen molar-refractivity contribution in [3.63, 3.8) is 0 Å². The highest BCUT2D eigenvalue weighted by molar-refractivity contribution is 7.90. The molecule has 0 aromatic carbocycles. The summed E-state index contributed by atoms with van der Waals surface area (Å²) in [5.41, 5.74) is -1.07. The average molecular weight is 302 g/mol. The summed E-state index contributed by atoms with van der Waals surface area (Å²) in [7, 11) is -3.84. The van der Waals surface area contributed by atoms with Gasteiger partial charge in [-0.15, -0.1) is 0 Å². The molecule has 0 unspecified atom stereocenters. The molecule has 0 aliphatic heterocycles. The van der Waals surface area contributed by atoms with Crippen molar-refractivity contribution in [3.05, 3.63) is 0 Å². The zero-order valence-corrected chi connectivity index (χ0v) is 12.8. The fraction of sp³-hybridized carbons (Fsp3) is 0.846. The summed E-state index contributed by atoms with van der Waals surface area (Å²) in [6.45, 7) is 3.84. The van der Waals surface area contributed by atoms with E-state index in [1.807, 2.05) is 0 Å². The smallest absolute Gasteiger partial charge is 0.322 e. The standard InChI is InChI=1S/C13H22N2O4S/c1-3-11-5-7-13(10-14,8-6-11)15-20(17,18)9-12(16)19-4-2/h11,15H,3-9H2,1-2H3. The molecule has 6 nitrogen and oxygen atoms in total. The van der Waals surface area contributed by atoms with Gasteiger partial charge in [0.2, 0.25) is 10.0 Å². The van der Waals surface area contributed by atoms with E-state index in [-0.39, 0.29) is 6.61 Å². The Hall–Kier alpha value is -1.13. The maximum atomic E-state index is 11.9. The third kappa shape index (κ3) is 4.76. The van der Waals surface area contributed by atoms with Crippen LogP contribution in [0.4, 0.5) is 0 Å². The van der Waals surface area contributed by atoms with E-state index < -0.39 is 27.3 Å². The Bertz CT molecular complexity index is 473. The number of hydrogen-bond acceptors (Lipinski definition) is 5. The molecule has 0 saturated heterocycles. The minimum atomic E-state index is -3.84. The van der Waals surface area contributed by atoms with Crippen molar-refractivity contribution in [2.45, 2.75) is 51.5 Å². The van der Waals surface area contributed by atoms with Gasteiger partial charge < -0.3 is 4.74 Å². The number of nitrogens with zero attached hydrogens (tertiary/aromatic N) is 1. The van der Waals surface area contributed by atoms with Crippen LogP contribution in [0.25, 0.3) is 0 Å². The van der Waals surface area contributed by atoms with E-state index in [4.69, 9.17) is 0 Å². The van der Waals surface area contributed by atoms with Crippen molar-refractivity contribution in [1.82, 2.24) is 4.72 Å². The number of carbonyl (C=O) groups excluding carboxylic acids is 1. The van der Waals surface area contributed by atoms with E-state index in [1.54, 1.807) is 6.92 Å². The Morgan fingerprint density at radius 1 is 1.40 bits per heavy atom. The average Bonchev–Trinajstić information content (AvgIpc) is 2.38. The van der Waals surface area contributed by atoms with Crippen molar-refractivity contribution >= 4 is 16.0 Å². The molecule has 1 fully saturated rings. The third-order valence-corrected chi connectivity index (χ3v) is 5.03. The summed E-state index contributed by atoms with van der Waals surface area (Å²) in [5, 5.41) is 9.31. The highest BCUT2D eigenvalue weighted by Gasteiger charge is 2.39. The summed E-state index contributed by atoms with van der Waals surface area (Å²) >= 11 is 0. The Labute approximate surface area is 120 Å². The van der Waals surface area contributed by atoms with Crippen LogP contribution in [0.15, 0.2) is 0 Å². The summed E-state index contributed by atoms with van der Waals surface area (Å²) in [6.07, 6.45) is 3.67. The molecule has 1 aliphatic rings. The fourth-order valence-electron chi connectivity index (χ4n) is 2.51. The largest absolute Gasteiger partial charge is 0.465 e. The number of nitrogens with one attached hydrogen (secondary N) is 1. The van der Waals surface area contributed by atoms with Crippen LogP contribution in [-0.2, 0) is 19.6 Å². The monoisotopic (exact) mass is 302 g/mol. The number of hydrogen-bond donors (Lipinski definition) is 1. The van der Waals surface area contributed by atoms with E-state index in [0.717, 1.165) is 19.3 Å².